The molecule has 0 aliphatic carbocycles. The molecule has 4 heteroatoms. The van der Waals surface area contributed by atoms with E-state index in [0.717, 1.165) is 39.0 Å². The number of methoxy groups -OCH3 is 1. The molecular formula is C12H25NO3. The Morgan fingerprint density at radius 1 is 1.44 bits per heavy atom. The topological polar surface area (TPSA) is 50.7 Å². The first-order valence-corrected chi connectivity index (χ1v) is 6.14. The summed E-state index contributed by atoms with van der Waals surface area (Å²) in [6.07, 6.45) is 3.01. The fourth-order valence-electron chi connectivity index (χ4n) is 2.18. The first-order chi connectivity index (χ1) is 7.64. The van der Waals surface area contributed by atoms with E-state index >= 15 is 0 Å². The third-order valence-corrected chi connectivity index (χ3v) is 3.06. The van der Waals surface area contributed by atoms with E-state index in [0.29, 0.717) is 19.1 Å². The molecule has 1 aliphatic rings. The smallest absolute Gasteiger partial charge is 0.0746 e. The Kier molecular flexibility index (Phi) is 6.28. The summed E-state index contributed by atoms with van der Waals surface area (Å²) >= 11 is 0. The van der Waals surface area contributed by atoms with Crippen LogP contribution in [0.4, 0.5) is 0 Å². The van der Waals surface area contributed by atoms with E-state index in [9.17, 15) is 5.11 Å². The number of hydrogen-bond acceptors (Lipinski definition) is 4. The Morgan fingerprint density at radius 2 is 2.12 bits per heavy atom. The first-order valence-electron chi connectivity index (χ1n) is 6.14. The van der Waals surface area contributed by atoms with E-state index in [4.69, 9.17) is 9.47 Å². The molecule has 96 valence electrons. The van der Waals surface area contributed by atoms with Crippen LogP contribution in [-0.2, 0) is 9.47 Å². The van der Waals surface area contributed by atoms with Crippen LogP contribution in [-0.4, -0.2) is 50.7 Å². The summed E-state index contributed by atoms with van der Waals surface area (Å²) in [7, 11) is 1.68. The zero-order chi connectivity index (χ0) is 11.9. The van der Waals surface area contributed by atoms with Crippen molar-refractivity contribution >= 4 is 0 Å². The van der Waals surface area contributed by atoms with Gasteiger partial charge >= 0.3 is 0 Å². The minimum atomic E-state index is -0.615. The van der Waals surface area contributed by atoms with E-state index in [-0.39, 0.29) is 0 Å². The lowest BCUT2D eigenvalue weighted by molar-refractivity contribution is 0.0000999. The van der Waals surface area contributed by atoms with Crippen molar-refractivity contribution in [1.29, 1.82) is 0 Å². The third-order valence-electron chi connectivity index (χ3n) is 3.06. The highest BCUT2D eigenvalue weighted by Gasteiger charge is 2.26. The average molecular weight is 231 g/mol. The predicted molar refractivity (Wildman–Crippen MR) is 63.5 cm³/mol. The molecule has 2 N–H and O–H groups in total. The van der Waals surface area contributed by atoms with Crippen LogP contribution in [0.25, 0.3) is 0 Å². The third kappa shape index (κ3) is 5.80. The maximum Gasteiger partial charge on any atom is 0.0746 e. The molecule has 1 heterocycles. The van der Waals surface area contributed by atoms with E-state index in [2.05, 4.69) is 5.32 Å². The van der Waals surface area contributed by atoms with Crippen molar-refractivity contribution in [2.75, 3.05) is 40.0 Å². The SMILES string of the molecule is COCCNCC(C)(O)CC1CCOCC1. The largest absolute Gasteiger partial charge is 0.389 e. The minimum absolute atomic E-state index is 0.605. The molecule has 1 atom stereocenters. The second-order valence-corrected chi connectivity index (χ2v) is 4.93. The Balaban J connectivity index is 2.16. The normalized spacial score (nSPS) is 21.9. The van der Waals surface area contributed by atoms with Gasteiger partial charge in [-0.25, -0.2) is 0 Å². The number of nitrogens with one attached hydrogen (secondary N) is 1. The second-order valence-electron chi connectivity index (χ2n) is 4.93. The molecule has 1 aliphatic heterocycles. The van der Waals surface area contributed by atoms with E-state index in [1.807, 2.05) is 6.92 Å². The molecule has 1 rings (SSSR count). The van der Waals surface area contributed by atoms with Gasteiger partial charge in [-0.15, -0.1) is 0 Å². The minimum Gasteiger partial charge on any atom is -0.389 e. The van der Waals surface area contributed by atoms with Gasteiger partial charge in [-0.2, -0.15) is 0 Å². The van der Waals surface area contributed by atoms with E-state index < -0.39 is 5.60 Å². The number of rotatable bonds is 7. The molecule has 0 amide bonds. The molecule has 1 saturated heterocycles. The number of hydrogen-bond donors (Lipinski definition) is 2. The van der Waals surface area contributed by atoms with Crippen molar-refractivity contribution in [3.63, 3.8) is 0 Å². The Bertz CT molecular complexity index is 179. The summed E-state index contributed by atoms with van der Waals surface area (Å²) in [5, 5.41) is 13.4. The summed E-state index contributed by atoms with van der Waals surface area (Å²) in [5.74, 6) is 0.605. The summed E-state index contributed by atoms with van der Waals surface area (Å²) < 4.78 is 10.3. The number of aliphatic hydroxyl groups is 1. The van der Waals surface area contributed by atoms with Crippen molar-refractivity contribution in [2.45, 2.75) is 31.8 Å². The van der Waals surface area contributed by atoms with Crippen molar-refractivity contribution in [3.8, 4) is 0 Å². The molecule has 1 fully saturated rings. The molecule has 0 saturated carbocycles. The molecule has 0 aromatic heterocycles. The Morgan fingerprint density at radius 3 is 2.75 bits per heavy atom. The van der Waals surface area contributed by atoms with Crippen molar-refractivity contribution in [1.82, 2.24) is 5.32 Å². The van der Waals surface area contributed by atoms with Crippen molar-refractivity contribution < 1.29 is 14.6 Å². The summed E-state index contributed by atoms with van der Waals surface area (Å²) in [6, 6.07) is 0. The number of ether oxygens (including phenoxy) is 2. The molecule has 0 bridgehead atoms. The van der Waals surface area contributed by atoms with Gasteiger partial charge in [-0.3, -0.25) is 0 Å². The maximum absolute atomic E-state index is 10.2. The van der Waals surface area contributed by atoms with Crippen LogP contribution in [0.5, 0.6) is 0 Å². The molecular weight excluding hydrogens is 206 g/mol. The molecule has 0 spiro atoms. The van der Waals surface area contributed by atoms with Crippen molar-refractivity contribution in [3.05, 3.63) is 0 Å². The first kappa shape index (κ1) is 13.9. The lowest BCUT2D eigenvalue weighted by Crippen LogP contribution is -2.41. The fourth-order valence-corrected chi connectivity index (χ4v) is 2.18. The fraction of sp³-hybridized carbons (Fsp3) is 1.00. The highest BCUT2D eigenvalue weighted by atomic mass is 16.5. The van der Waals surface area contributed by atoms with Crippen LogP contribution in [0.3, 0.4) is 0 Å². The van der Waals surface area contributed by atoms with Gasteiger partial charge in [0.2, 0.25) is 0 Å². The maximum atomic E-state index is 10.2. The van der Waals surface area contributed by atoms with E-state index in [1.54, 1.807) is 7.11 Å². The van der Waals surface area contributed by atoms with Gasteiger partial charge in [0.15, 0.2) is 0 Å². The van der Waals surface area contributed by atoms with Gasteiger partial charge in [0.05, 0.1) is 12.2 Å². The zero-order valence-electron chi connectivity index (χ0n) is 10.5. The summed E-state index contributed by atoms with van der Waals surface area (Å²) in [5.41, 5.74) is -0.615. The highest BCUT2D eigenvalue weighted by Crippen LogP contribution is 2.24. The average Bonchev–Trinajstić information content (AvgIpc) is 2.25. The molecule has 16 heavy (non-hydrogen) atoms. The van der Waals surface area contributed by atoms with Gasteiger partial charge in [-0.1, -0.05) is 0 Å². The predicted octanol–water partition coefficient (Wildman–Crippen LogP) is 0.790. The zero-order valence-corrected chi connectivity index (χ0v) is 10.5. The van der Waals surface area contributed by atoms with Gasteiger partial charge in [0.1, 0.15) is 0 Å². The lowest BCUT2D eigenvalue weighted by atomic mass is 9.87. The van der Waals surface area contributed by atoms with Crippen LogP contribution in [0.2, 0.25) is 0 Å². The molecule has 4 nitrogen and oxygen atoms in total. The lowest BCUT2D eigenvalue weighted by Gasteiger charge is -2.31. The van der Waals surface area contributed by atoms with Crippen LogP contribution in [0.15, 0.2) is 0 Å². The van der Waals surface area contributed by atoms with Crippen LogP contribution in [0, 0.1) is 5.92 Å². The molecule has 0 aromatic rings. The van der Waals surface area contributed by atoms with Crippen LogP contribution < -0.4 is 5.32 Å². The Labute approximate surface area is 98.3 Å². The molecule has 0 aromatic carbocycles. The summed E-state index contributed by atoms with van der Waals surface area (Å²) in [6.45, 7) is 5.71. The van der Waals surface area contributed by atoms with Gasteiger partial charge in [-0.05, 0) is 32.1 Å². The monoisotopic (exact) mass is 231 g/mol. The molecule has 0 radical (unpaired) electrons. The highest BCUT2D eigenvalue weighted by molar-refractivity contribution is 4.80. The van der Waals surface area contributed by atoms with Crippen molar-refractivity contribution in [2.24, 2.45) is 5.92 Å². The van der Waals surface area contributed by atoms with E-state index in [1.165, 1.54) is 0 Å². The quantitative estimate of drug-likeness (QED) is 0.636. The molecule has 1 unspecified atom stereocenters. The van der Waals surface area contributed by atoms with Gasteiger partial charge in [0, 0.05) is 33.4 Å². The van der Waals surface area contributed by atoms with Gasteiger partial charge < -0.3 is 19.9 Å². The summed E-state index contributed by atoms with van der Waals surface area (Å²) in [4.78, 5) is 0. The Hall–Kier alpha value is -0.160. The second kappa shape index (κ2) is 7.22. The van der Waals surface area contributed by atoms with Crippen LogP contribution in [0.1, 0.15) is 26.2 Å². The van der Waals surface area contributed by atoms with Crippen LogP contribution >= 0.6 is 0 Å². The van der Waals surface area contributed by atoms with Gasteiger partial charge in [0.25, 0.3) is 0 Å². The standard InChI is InChI=1S/C12H25NO3/c1-12(14,10-13-5-8-15-2)9-11-3-6-16-7-4-11/h11,13-14H,3-10H2,1-2H3.